The molecule has 0 unspecified atom stereocenters. The second-order valence-electron chi connectivity index (χ2n) is 3.20. The minimum Gasteiger partial charge on any atom is -0.497 e. The quantitative estimate of drug-likeness (QED) is 0.818. The number of nitrogen functional groups attached to an aromatic ring is 1. The molecule has 5 nitrogen and oxygen atoms in total. The minimum atomic E-state index is 0.403. The summed E-state index contributed by atoms with van der Waals surface area (Å²) in [6, 6.07) is 11.0. The van der Waals surface area contributed by atoms with Crippen molar-refractivity contribution < 1.29 is 4.74 Å². The summed E-state index contributed by atoms with van der Waals surface area (Å²) in [5.41, 5.74) is 6.36. The molecule has 1 aromatic heterocycles. The molecule has 2 aromatic rings. The summed E-state index contributed by atoms with van der Waals surface area (Å²) in [7, 11) is 1.63. The molecule has 0 fully saturated rings. The highest BCUT2D eigenvalue weighted by atomic mass is 16.5. The number of ether oxygens (including phenoxy) is 1. The molecule has 0 radical (unpaired) electrons. The lowest BCUT2D eigenvalue weighted by Gasteiger charge is -2.05. The molecule has 0 aliphatic carbocycles. The third kappa shape index (κ3) is 2.38. The first-order valence-corrected chi connectivity index (χ1v) is 4.78. The van der Waals surface area contributed by atoms with Crippen LogP contribution >= 0.6 is 0 Å². The fraction of sp³-hybridized carbons (Fsp3) is 0.0909. The molecule has 0 amide bonds. The van der Waals surface area contributed by atoms with Crippen molar-refractivity contribution >= 4 is 17.3 Å². The number of hydrogen-bond acceptors (Lipinski definition) is 5. The van der Waals surface area contributed by atoms with Gasteiger partial charge >= 0.3 is 0 Å². The van der Waals surface area contributed by atoms with Gasteiger partial charge in [0.25, 0.3) is 0 Å². The molecule has 0 atom stereocenters. The van der Waals surface area contributed by atoms with E-state index in [9.17, 15) is 0 Å². The topological polar surface area (TPSA) is 73.1 Å². The monoisotopic (exact) mass is 216 g/mol. The Morgan fingerprint density at radius 1 is 1.06 bits per heavy atom. The lowest BCUT2D eigenvalue weighted by Crippen LogP contribution is -1.97. The molecule has 0 spiro atoms. The summed E-state index contributed by atoms with van der Waals surface area (Å²) in [6.07, 6.45) is 0. The molecule has 1 heterocycles. The van der Waals surface area contributed by atoms with Crippen LogP contribution < -0.4 is 15.8 Å². The Balaban J connectivity index is 2.11. The Morgan fingerprint density at radius 3 is 2.38 bits per heavy atom. The van der Waals surface area contributed by atoms with Crippen molar-refractivity contribution in [2.45, 2.75) is 0 Å². The van der Waals surface area contributed by atoms with Gasteiger partial charge in [0, 0.05) is 5.69 Å². The third-order valence-electron chi connectivity index (χ3n) is 2.05. The van der Waals surface area contributed by atoms with Crippen LogP contribution in [0.5, 0.6) is 5.75 Å². The van der Waals surface area contributed by atoms with Crippen molar-refractivity contribution in [1.82, 2.24) is 10.2 Å². The molecule has 16 heavy (non-hydrogen) atoms. The van der Waals surface area contributed by atoms with E-state index >= 15 is 0 Å². The zero-order chi connectivity index (χ0) is 11.4. The second kappa shape index (κ2) is 4.48. The Kier molecular flexibility index (Phi) is 2.86. The summed E-state index contributed by atoms with van der Waals surface area (Å²) < 4.78 is 5.06. The fourth-order valence-corrected chi connectivity index (χ4v) is 1.23. The van der Waals surface area contributed by atoms with Gasteiger partial charge in [0.15, 0.2) is 5.82 Å². The number of nitrogens with zero attached hydrogens (tertiary/aromatic N) is 2. The highest BCUT2D eigenvalue weighted by molar-refractivity contribution is 5.57. The van der Waals surface area contributed by atoms with Crippen LogP contribution in [0.25, 0.3) is 0 Å². The van der Waals surface area contributed by atoms with Gasteiger partial charge in [-0.15, -0.1) is 10.2 Å². The SMILES string of the molecule is COc1ccc(Nc2ccc(N)nn2)cc1. The lowest BCUT2D eigenvalue weighted by molar-refractivity contribution is 0.415. The number of aromatic nitrogens is 2. The number of hydrogen-bond donors (Lipinski definition) is 2. The normalized spacial score (nSPS) is 9.81. The molecule has 0 bridgehead atoms. The molecule has 0 saturated heterocycles. The summed E-state index contributed by atoms with van der Waals surface area (Å²) in [6.45, 7) is 0. The molecule has 2 rings (SSSR count). The second-order valence-corrected chi connectivity index (χ2v) is 3.20. The summed E-state index contributed by atoms with van der Waals surface area (Å²) >= 11 is 0. The van der Waals surface area contributed by atoms with E-state index < -0.39 is 0 Å². The van der Waals surface area contributed by atoms with E-state index in [1.807, 2.05) is 24.3 Å². The first-order chi connectivity index (χ1) is 7.78. The number of nitrogens with two attached hydrogens (primary N) is 1. The Labute approximate surface area is 93.3 Å². The third-order valence-corrected chi connectivity index (χ3v) is 2.05. The predicted molar refractivity (Wildman–Crippen MR) is 62.7 cm³/mol. The van der Waals surface area contributed by atoms with Crippen LogP contribution in [0.4, 0.5) is 17.3 Å². The van der Waals surface area contributed by atoms with Gasteiger partial charge in [0.2, 0.25) is 0 Å². The van der Waals surface area contributed by atoms with Gasteiger partial charge in [-0.1, -0.05) is 0 Å². The number of anilines is 3. The summed E-state index contributed by atoms with van der Waals surface area (Å²) in [4.78, 5) is 0. The van der Waals surface area contributed by atoms with E-state index in [2.05, 4.69) is 15.5 Å². The van der Waals surface area contributed by atoms with Crippen molar-refractivity contribution in [2.24, 2.45) is 0 Å². The Hall–Kier alpha value is -2.30. The number of rotatable bonds is 3. The number of methoxy groups -OCH3 is 1. The molecule has 0 saturated carbocycles. The van der Waals surface area contributed by atoms with E-state index in [-0.39, 0.29) is 0 Å². The molecule has 5 heteroatoms. The first-order valence-electron chi connectivity index (χ1n) is 4.78. The van der Waals surface area contributed by atoms with Gasteiger partial charge in [0.1, 0.15) is 11.6 Å². The average molecular weight is 216 g/mol. The maximum Gasteiger partial charge on any atom is 0.153 e. The average Bonchev–Trinajstić information content (AvgIpc) is 2.33. The smallest absolute Gasteiger partial charge is 0.153 e. The van der Waals surface area contributed by atoms with Crippen LogP contribution in [0.15, 0.2) is 36.4 Å². The predicted octanol–water partition coefficient (Wildman–Crippen LogP) is 1.81. The molecule has 3 N–H and O–H groups in total. The van der Waals surface area contributed by atoms with E-state index in [4.69, 9.17) is 10.5 Å². The molecule has 1 aromatic carbocycles. The highest BCUT2D eigenvalue weighted by Crippen LogP contribution is 2.18. The van der Waals surface area contributed by atoms with E-state index in [0.29, 0.717) is 11.6 Å². The minimum absolute atomic E-state index is 0.403. The molecule has 82 valence electrons. The zero-order valence-electron chi connectivity index (χ0n) is 8.84. The zero-order valence-corrected chi connectivity index (χ0v) is 8.84. The molecule has 0 aliphatic heterocycles. The number of benzene rings is 1. The van der Waals surface area contributed by atoms with Crippen molar-refractivity contribution in [2.75, 3.05) is 18.2 Å². The van der Waals surface area contributed by atoms with Crippen LogP contribution in [0, 0.1) is 0 Å². The van der Waals surface area contributed by atoms with Crippen LogP contribution in [0.2, 0.25) is 0 Å². The van der Waals surface area contributed by atoms with Gasteiger partial charge in [0.05, 0.1) is 7.11 Å². The molecular formula is C11H12N4O. The maximum absolute atomic E-state index is 5.44. The van der Waals surface area contributed by atoms with Gasteiger partial charge in [-0.05, 0) is 36.4 Å². The molecular weight excluding hydrogens is 204 g/mol. The van der Waals surface area contributed by atoms with Crippen molar-refractivity contribution in [3.63, 3.8) is 0 Å². The highest BCUT2D eigenvalue weighted by Gasteiger charge is 1.97. The maximum atomic E-state index is 5.44. The van der Waals surface area contributed by atoms with Gasteiger partial charge in [-0.2, -0.15) is 0 Å². The summed E-state index contributed by atoms with van der Waals surface area (Å²) in [5.74, 6) is 1.87. The largest absolute Gasteiger partial charge is 0.497 e. The Morgan fingerprint density at radius 2 is 1.81 bits per heavy atom. The first kappa shape index (κ1) is 10.2. The van der Waals surface area contributed by atoms with Crippen LogP contribution in [-0.2, 0) is 0 Å². The van der Waals surface area contributed by atoms with Crippen molar-refractivity contribution in [3.05, 3.63) is 36.4 Å². The van der Waals surface area contributed by atoms with Crippen molar-refractivity contribution in [3.8, 4) is 5.75 Å². The van der Waals surface area contributed by atoms with Crippen LogP contribution in [0.1, 0.15) is 0 Å². The Bertz CT molecular complexity index is 452. The van der Waals surface area contributed by atoms with Gasteiger partial charge in [-0.25, -0.2) is 0 Å². The van der Waals surface area contributed by atoms with Crippen LogP contribution in [-0.4, -0.2) is 17.3 Å². The van der Waals surface area contributed by atoms with Crippen LogP contribution in [0.3, 0.4) is 0 Å². The molecule has 0 aliphatic rings. The van der Waals surface area contributed by atoms with Gasteiger partial charge < -0.3 is 15.8 Å². The standard InChI is InChI=1S/C11H12N4O/c1-16-9-4-2-8(3-5-9)13-11-7-6-10(12)14-15-11/h2-7H,1H3,(H2,12,14)(H,13,15). The lowest BCUT2D eigenvalue weighted by atomic mass is 10.3. The fourth-order valence-electron chi connectivity index (χ4n) is 1.23. The number of nitrogens with one attached hydrogen (secondary N) is 1. The van der Waals surface area contributed by atoms with Crippen molar-refractivity contribution in [1.29, 1.82) is 0 Å². The van der Waals surface area contributed by atoms with Gasteiger partial charge in [-0.3, -0.25) is 0 Å². The van der Waals surface area contributed by atoms with E-state index in [0.717, 1.165) is 11.4 Å². The van der Waals surface area contributed by atoms with E-state index in [1.165, 1.54) is 0 Å². The summed E-state index contributed by atoms with van der Waals surface area (Å²) in [5, 5.41) is 10.7. The van der Waals surface area contributed by atoms with E-state index in [1.54, 1.807) is 19.2 Å².